The molecule has 0 saturated heterocycles. The predicted octanol–water partition coefficient (Wildman–Crippen LogP) is 2.54. The Morgan fingerprint density at radius 1 is 1.05 bits per heavy atom. The molecular weight excluding hydrogens is 244 g/mol. The van der Waals surface area contributed by atoms with Crippen molar-refractivity contribution in [3.63, 3.8) is 0 Å². The van der Waals surface area contributed by atoms with Crippen LogP contribution in [-0.2, 0) is 6.42 Å². The van der Waals surface area contributed by atoms with E-state index in [1.165, 1.54) is 0 Å². The molecule has 2 aromatic carbocycles. The molecule has 0 fully saturated rings. The van der Waals surface area contributed by atoms with Crippen molar-refractivity contribution in [3.05, 3.63) is 53.1 Å². The maximum absolute atomic E-state index is 12.1. The molecule has 2 aromatic rings. The van der Waals surface area contributed by atoms with Crippen LogP contribution in [0.1, 0.15) is 21.5 Å². The zero-order chi connectivity index (χ0) is 14.0. The largest absolute Gasteiger partial charge is 0.504 e. The van der Waals surface area contributed by atoms with E-state index in [0.29, 0.717) is 0 Å². The standard InChI is InChI=1S/C15H14O4/c1-9-4-2-3-5-10(9)6-12(16)11-7-13(17)15(19)14(18)8-11/h2-5,7-8,17-19H,6H2,1H3. The van der Waals surface area contributed by atoms with Gasteiger partial charge >= 0.3 is 0 Å². The summed E-state index contributed by atoms with van der Waals surface area (Å²) in [6, 6.07) is 9.80. The summed E-state index contributed by atoms with van der Waals surface area (Å²) in [5.74, 6) is -1.87. The van der Waals surface area contributed by atoms with Gasteiger partial charge in [0.15, 0.2) is 23.0 Å². The van der Waals surface area contributed by atoms with Gasteiger partial charge in [-0.2, -0.15) is 0 Å². The summed E-state index contributed by atoms with van der Waals surface area (Å²) in [6.07, 6.45) is 0.177. The Morgan fingerprint density at radius 2 is 1.63 bits per heavy atom. The summed E-state index contributed by atoms with van der Waals surface area (Å²) in [7, 11) is 0. The fourth-order valence-corrected chi connectivity index (χ4v) is 1.85. The molecule has 0 aliphatic rings. The van der Waals surface area contributed by atoms with E-state index in [0.717, 1.165) is 23.3 Å². The highest BCUT2D eigenvalue weighted by Gasteiger charge is 2.14. The fourth-order valence-electron chi connectivity index (χ4n) is 1.85. The Labute approximate surface area is 110 Å². The summed E-state index contributed by atoms with van der Waals surface area (Å²) in [5.41, 5.74) is 2.05. The molecule has 2 rings (SSSR count). The first-order valence-electron chi connectivity index (χ1n) is 5.81. The van der Waals surface area contributed by atoms with Gasteiger partial charge < -0.3 is 15.3 Å². The second-order valence-electron chi connectivity index (χ2n) is 4.39. The van der Waals surface area contributed by atoms with E-state index in [2.05, 4.69) is 0 Å². The van der Waals surface area contributed by atoms with Crippen LogP contribution in [0.5, 0.6) is 17.2 Å². The quantitative estimate of drug-likeness (QED) is 0.584. The number of carbonyl (C=O) groups excluding carboxylic acids is 1. The molecule has 4 heteroatoms. The lowest BCUT2D eigenvalue weighted by molar-refractivity contribution is 0.0992. The van der Waals surface area contributed by atoms with Crippen molar-refractivity contribution in [2.45, 2.75) is 13.3 Å². The van der Waals surface area contributed by atoms with Crippen LogP contribution in [0, 0.1) is 6.92 Å². The average Bonchev–Trinajstić information content (AvgIpc) is 2.38. The molecule has 0 heterocycles. The lowest BCUT2D eigenvalue weighted by atomic mass is 9.99. The average molecular weight is 258 g/mol. The van der Waals surface area contributed by atoms with Crippen molar-refractivity contribution >= 4 is 5.78 Å². The zero-order valence-corrected chi connectivity index (χ0v) is 10.4. The molecule has 0 saturated carbocycles. The van der Waals surface area contributed by atoms with Crippen molar-refractivity contribution in [1.29, 1.82) is 0 Å². The van der Waals surface area contributed by atoms with Crippen molar-refractivity contribution in [2.75, 3.05) is 0 Å². The fraction of sp³-hybridized carbons (Fsp3) is 0.133. The third-order valence-corrected chi connectivity index (χ3v) is 3.00. The van der Waals surface area contributed by atoms with E-state index in [-0.39, 0.29) is 17.8 Å². The summed E-state index contributed by atoms with van der Waals surface area (Å²) < 4.78 is 0. The summed E-state index contributed by atoms with van der Waals surface area (Å²) in [4.78, 5) is 12.1. The maximum Gasteiger partial charge on any atom is 0.200 e. The first kappa shape index (κ1) is 13.0. The van der Waals surface area contributed by atoms with E-state index < -0.39 is 17.2 Å². The van der Waals surface area contributed by atoms with Gasteiger partial charge in [0.25, 0.3) is 0 Å². The minimum atomic E-state index is -0.618. The number of hydrogen-bond donors (Lipinski definition) is 3. The van der Waals surface area contributed by atoms with Gasteiger partial charge in [-0.1, -0.05) is 24.3 Å². The van der Waals surface area contributed by atoms with Gasteiger partial charge in [-0.05, 0) is 30.2 Å². The SMILES string of the molecule is Cc1ccccc1CC(=O)c1cc(O)c(O)c(O)c1. The molecule has 0 aromatic heterocycles. The van der Waals surface area contributed by atoms with Gasteiger partial charge in [0, 0.05) is 12.0 Å². The number of carbonyl (C=O) groups is 1. The van der Waals surface area contributed by atoms with Gasteiger partial charge in [0.05, 0.1) is 0 Å². The van der Waals surface area contributed by atoms with Crippen LogP contribution in [0.2, 0.25) is 0 Å². The van der Waals surface area contributed by atoms with Crippen molar-refractivity contribution < 1.29 is 20.1 Å². The first-order chi connectivity index (χ1) is 8.99. The second-order valence-corrected chi connectivity index (χ2v) is 4.39. The highest BCUT2D eigenvalue weighted by atomic mass is 16.3. The lowest BCUT2D eigenvalue weighted by Gasteiger charge is -2.07. The Morgan fingerprint density at radius 3 is 2.21 bits per heavy atom. The van der Waals surface area contributed by atoms with E-state index in [1.807, 2.05) is 31.2 Å². The third-order valence-electron chi connectivity index (χ3n) is 3.00. The number of aromatic hydroxyl groups is 3. The topological polar surface area (TPSA) is 77.8 Å². The third kappa shape index (κ3) is 2.68. The molecule has 4 nitrogen and oxygen atoms in total. The Kier molecular flexibility index (Phi) is 3.42. The monoisotopic (exact) mass is 258 g/mol. The molecule has 19 heavy (non-hydrogen) atoms. The second kappa shape index (κ2) is 5.02. The normalized spacial score (nSPS) is 10.4. The number of rotatable bonds is 3. The molecule has 0 unspecified atom stereocenters. The highest BCUT2D eigenvalue weighted by molar-refractivity contribution is 5.98. The van der Waals surface area contributed by atoms with E-state index in [9.17, 15) is 20.1 Å². The molecular formula is C15H14O4. The van der Waals surface area contributed by atoms with Gasteiger partial charge in [0.1, 0.15) is 0 Å². The van der Waals surface area contributed by atoms with Crippen LogP contribution in [0.25, 0.3) is 0 Å². The molecule has 0 spiro atoms. The van der Waals surface area contributed by atoms with Crippen LogP contribution < -0.4 is 0 Å². The van der Waals surface area contributed by atoms with Crippen molar-refractivity contribution in [2.24, 2.45) is 0 Å². The van der Waals surface area contributed by atoms with Crippen LogP contribution in [0.4, 0.5) is 0 Å². The van der Waals surface area contributed by atoms with Gasteiger partial charge in [-0.15, -0.1) is 0 Å². The number of Topliss-reactive ketones (excluding diaryl/α,β-unsaturated/α-hetero) is 1. The van der Waals surface area contributed by atoms with E-state index in [4.69, 9.17) is 0 Å². The van der Waals surface area contributed by atoms with Crippen LogP contribution >= 0.6 is 0 Å². The first-order valence-corrected chi connectivity index (χ1v) is 5.81. The lowest BCUT2D eigenvalue weighted by Crippen LogP contribution is -2.04. The summed E-state index contributed by atoms with van der Waals surface area (Å²) in [5, 5.41) is 28.0. The van der Waals surface area contributed by atoms with Crippen LogP contribution in [0.3, 0.4) is 0 Å². The molecule has 0 radical (unpaired) electrons. The molecule has 0 amide bonds. The summed E-state index contributed by atoms with van der Waals surface area (Å²) >= 11 is 0. The number of benzene rings is 2. The molecule has 3 N–H and O–H groups in total. The van der Waals surface area contributed by atoms with Gasteiger partial charge in [0.2, 0.25) is 0 Å². The number of ketones is 1. The maximum atomic E-state index is 12.1. The molecule has 0 aliphatic carbocycles. The number of phenolic OH excluding ortho intramolecular Hbond substituents is 3. The number of hydrogen-bond acceptors (Lipinski definition) is 4. The van der Waals surface area contributed by atoms with Crippen molar-refractivity contribution in [1.82, 2.24) is 0 Å². The van der Waals surface area contributed by atoms with Gasteiger partial charge in [-0.3, -0.25) is 4.79 Å². The molecule has 98 valence electrons. The Balaban J connectivity index is 2.28. The highest BCUT2D eigenvalue weighted by Crippen LogP contribution is 2.35. The van der Waals surface area contributed by atoms with E-state index in [1.54, 1.807) is 0 Å². The minimum Gasteiger partial charge on any atom is -0.504 e. The predicted molar refractivity (Wildman–Crippen MR) is 70.6 cm³/mol. The zero-order valence-electron chi connectivity index (χ0n) is 10.4. The molecule has 0 atom stereocenters. The Bertz CT molecular complexity index is 609. The number of aryl methyl sites for hydroxylation is 1. The summed E-state index contributed by atoms with van der Waals surface area (Å²) in [6.45, 7) is 1.91. The van der Waals surface area contributed by atoms with E-state index >= 15 is 0 Å². The molecule has 0 aliphatic heterocycles. The van der Waals surface area contributed by atoms with Crippen molar-refractivity contribution in [3.8, 4) is 17.2 Å². The van der Waals surface area contributed by atoms with Crippen LogP contribution in [0.15, 0.2) is 36.4 Å². The number of phenols is 3. The molecule has 0 bridgehead atoms. The smallest absolute Gasteiger partial charge is 0.200 e. The Hall–Kier alpha value is -2.49. The van der Waals surface area contributed by atoms with Crippen LogP contribution in [-0.4, -0.2) is 21.1 Å². The van der Waals surface area contributed by atoms with Gasteiger partial charge in [-0.25, -0.2) is 0 Å². The minimum absolute atomic E-state index is 0.163.